The molecule has 1 fully saturated rings. The van der Waals surface area contributed by atoms with E-state index in [2.05, 4.69) is 78.0 Å². The van der Waals surface area contributed by atoms with Crippen LogP contribution < -0.4 is 5.32 Å². The molecule has 0 amide bonds. The summed E-state index contributed by atoms with van der Waals surface area (Å²) in [5.74, 6) is 1.06. The maximum Gasteiger partial charge on any atom is 0.136 e. The summed E-state index contributed by atoms with van der Waals surface area (Å²) in [6.45, 7) is 16.7. The third-order valence-corrected chi connectivity index (χ3v) is 3.40. The number of aliphatic imine (C=N–C) groups is 1. The molecule has 3 heteroatoms. The number of anilines is 1. The minimum absolute atomic E-state index is 0.0378. The fourth-order valence-electron chi connectivity index (χ4n) is 2.30. The van der Waals surface area contributed by atoms with Crippen molar-refractivity contribution in [3.05, 3.63) is 29.8 Å². The van der Waals surface area contributed by atoms with Crippen LogP contribution in [-0.4, -0.2) is 19.0 Å². The molecule has 1 aromatic carbocycles. The highest BCUT2D eigenvalue weighted by atomic mass is 16.5. The maximum absolute atomic E-state index is 5.40. The lowest BCUT2D eigenvalue weighted by Gasteiger charge is -2.44. The number of nitrogens with one attached hydrogen (secondary N) is 1. The van der Waals surface area contributed by atoms with Crippen LogP contribution in [0.15, 0.2) is 29.3 Å². The molecule has 2 aliphatic heterocycles. The summed E-state index contributed by atoms with van der Waals surface area (Å²) in [7, 11) is 0. The lowest BCUT2D eigenvalue weighted by Crippen LogP contribution is -2.50. The largest absolute Gasteiger partial charge is 0.375 e. The number of para-hydroxylation sites is 1. The van der Waals surface area contributed by atoms with E-state index in [0.717, 1.165) is 5.84 Å². The van der Waals surface area contributed by atoms with E-state index in [0.29, 0.717) is 18.6 Å². The summed E-state index contributed by atoms with van der Waals surface area (Å²) in [4.78, 5) is 4.91. The smallest absolute Gasteiger partial charge is 0.136 e. The molecule has 1 N–H and O–H groups in total. The average molecular weight is 302 g/mol. The Balaban J connectivity index is 0.000000309. The van der Waals surface area contributed by atoms with Crippen LogP contribution in [0.1, 0.15) is 54.0 Å². The second-order valence-electron chi connectivity index (χ2n) is 8.91. The molecular weight excluding hydrogens is 272 g/mol. The van der Waals surface area contributed by atoms with Gasteiger partial charge in [0.1, 0.15) is 11.4 Å². The van der Waals surface area contributed by atoms with E-state index in [1.807, 2.05) is 0 Å². The molecule has 0 atom stereocenters. The topological polar surface area (TPSA) is 33.6 Å². The first-order valence-corrected chi connectivity index (χ1v) is 8.06. The predicted molar refractivity (Wildman–Crippen MR) is 94.6 cm³/mol. The van der Waals surface area contributed by atoms with Crippen LogP contribution in [0, 0.1) is 10.8 Å². The molecule has 2 heterocycles. The zero-order valence-electron chi connectivity index (χ0n) is 15.1. The summed E-state index contributed by atoms with van der Waals surface area (Å²) in [5.41, 5.74) is 2.84. The van der Waals surface area contributed by atoms with Gasteiger partial charge in [0.05, 0.1) is 13.2 Å². The molecule has 2 aliphatic rings. The number of rotatable bonds is 0. The molecule has 22 heavy (non-hydrogen) atoms. The number of benzene rings is 1. The van der Waals surface area contributed by atoms with Crippen molar-refractivity contribution in [3.63, 3.8) is 0 Å². The molecule has 122 valence electrons. The van der Waals surface area contributed by atoms with Crippen LogP contribution in [0.3, 0.4) is 0 Å². The van der Waals surface area contributed by atoms with Gasteiger partial charge in [0.25, 0.3) is 0 Å². The molecule has 0 saturated carbocycles. The van der Waals surface area contributed by atoms with Crippen LogP contribution in [-0.2, 0) is 10.3 Å². The van der Waals surface area contributed by atoms with E-state index in [4.69, 9.17) is 9.73 Å². The monoisotopic (exact) mass is 302 g/mol. The van der Waals surface area contributed by atoms with Gasteiger partial charge in [0.15, 0.2) is 0 Å². The molecule has 0 aromatic heterocycles. The van der Waals surface area contributed by atoms with Crippen LogP contribution in [0.4, 0.5) is 5.69 Å². The Hall–Kier alpha value is -1.35. The standard InChI is InChI=1S/C14H18N2O.C5H12/c1-13(2,3)12-15-11-7-5-4-6-10(11)14(16-12)8-17-9-14;1-5(2,3)4/h4-7H,8-9H2,1-3H3,(H,15,16);1-4H3. The van der Waals surface area contributed by atoms with Crippen molar-refractivity contribution in [2.24, 2.45) is 15.8 Å². The number of hydrogen-bond donors (Lipinski definition) is 1. The molecule has 3 rings (SSSR count). The fraction of sp³-hybridized carbons (Fsp3) is 0.632. The summed E-state index contributed by atoms with van der Waals surface area (Å²) in [6.07, 6.45) is 0. The van der Waals surface area contributed by atoms with E-state index in [1.54, 1.807) is 0 Å². The van der Waals surface area contributed by atoms with Gasteiger partial charge in [-0.3, -0.25) is 4.99 Å². The summed E-state index contributed by atoms with van der Waals surface area (Å²) >= 11 is 0. The second-order valence-corrected chi connectivity index (χ2v) is 8.91. The van der Waals surface area contributed by atoms with Gasteiger partial charge in [0, 0.05) is 16.7 Å². The SMILES string of the molecule is CC(C)(C)C.CC(C)(C)C1=NC2(COC2)c2ccccc2N1. The Kier molecular flexibility index (Phi) is 4.40. The van der Waals surface area contributed by atoms with Crippen molar-refractivity contribution in [1.29, 1.82) is 0 Å². The molecule has 1 aromatic rings. The van der Waals surface area contributed by atoms with Crippen molar-refractivity contribution < 1.29 is 4.74 Å². The molecular formula is C19H30N2O. The molecule has 3 nitrogen and oxygen atoms in total. The van der Waals surface area contributed by atoms with E-state index in [9.17, 15) is 0 Å². The number of nitrogens with zero attached hydrogens (tertiary/aromatic N) is 1. The van der Waals surface area contributed by atoms with Crippen molar-refractivity contribution in [2.45, 2.75) is 54.0 Å². The molecule has 0 radical (unpaired) electrons. The number of ether oxygens (including phenoxy) is 1. The highest BCUT2D eigenvalue weighted by Gasteiger charge is 2.45. The van der Waals surface area contributed by atoms with Gasteiger partial charge in [-0.15, -0.1) is 0 Å². The van der Waals surface area contributed by atoms with Crippen molar-refractivity contribution in [3.8, 4) is 0 Å². The van der Waals surface area contributed by atoms with Crippen LogP contribution in [0.5, 0.6) is 0 Å². The maximum atomic E-state index is 5.40. The van der Waals surface area contributed by atoms with Crippen molar-refractivity contribution in [1.82, 2.24) is 0 Å². The minimum atomic E-state index is -0.134. The van der Waals surface area contributed by atoms with Gasteiger partial charge in [-0.1, -0.05) is 66.7 Å². The number of amidine groups is 1. The molecule has 0 aliphatic carbocycles. The summed E-state index contributed by atoms with van der Waals surface area (Å²) in [6, 6.07) is 8.40. The van der Waals surface area contributed by atoms with E-state index >= 15 is 0 Å². The zero-order valence-corrected chi connectivity index (χ0v) is 15.1. The quantitative estimate of drug-likeness (QED) is 0.744. The Morgan fingerprint density at radius 1 is 1.00 bits per heavy atom. The van der Waals surface area contributed by atoms with Crippen molar-refractivity contribution in [2.75, 3.05) is 18.5 Å². The van der Waals surface area contributed by atoms with Crippen molar-refractivity contribution >= 4 is 11.5 Å². The Bertz CT molecular complexity index is 552. The van der Waals surface area contributed by atoms with Crippen LogP contribution in [0.25, 0.3) is 0 Å². The van der Waals surface area contributed by atoms with E-state index < -0.39 is 0 Å². The Morgan fingerprint density at radius 3 is 2.00 bits per heavy atom. The number of fused-ring (bicyclic) bond motifs is 2. The first kappa shape index (κ1) is 17.0. The fourth-order valence-corrected chi connectivity index (χ4v) is 2.30. The zero-order chi connectivity index (χ0) is 16.6. The second kappa shape index (κ2) is 5.69. The highest BCUT2D eigenvalue weighted by molar-refractivity contribution is 6.01. The van der Waals surface area contributed by atoms with Crippen LogP contribution in [0.2, 0.25) is 0 Å². The van der Waals surface area contributed by atoms with Gasteiger partial charge in [0.2, 0.25) is 0 Å². The van der Waals surface area contributed by atoms with Gasteiger partial charge in [-0.2, -0.15) is 0 Å². The van der Waals surface area contributed by atoms with E-state index in [1.165, 1.54) is 11.3 Å². The van der Waals surface area contributed by atoms with E-state index in [-0.39, 0.29) is 11.0 Å². The molecule has 1 spiro atoms. The van der Waals surface area contributed by atoms with Gasteiger partial charge < -0.3 is 10.1 Å². The first-order chi connectivity index (χ1) is 10.0. The third-order valence-electron chi connectivity index (χ3n) is 3.40. The Morgan fingerprint density at radius 2 is 1.55 bits per heavy atom. The highest BCUT2D eigenvalue weighted by Crippen LogP contribution is 2.42. The normalized spacial score (nSPS) is 19.1. The summed E-state index contributed by atoms with van der Waals surface area (Å²) in [5, 5.41) is 3.45. The molecule has 0 bridgehead atoms. The number of hydrogen-bond acceptors (Lipinski definition) is 3. The molecule has 1 saturated heterocycles. The van der Waals surface area contributed by atoms with Crippen LogP contribution >= 0.6 is 0 Å². The van der Waals surface area contributed by atoms with Gasteiger partial charge >= 0.3 is 0 Å². The average Bonchev–Trinajstić information content (AvgIpc) is 2.32. The first-order valence-electron chi connectivity index (χ1n) is 8.06. The van der Waals surface area contributed by atoms with Gasteiger partial charge in [-0.05, 0) is 11.5 Å². The third kappa shape index (κ3) is 3.89. The summed E-state index contributed by atoms with van der Waals surface area (Å²) < 4.78 is 5.40. The lowest BCUT2D eigenvalue weighted by molar-refractivity contribution is -0.0559. The lowest BCUT2D eigenvalue weighted by atomic mass is 9.83. The minimum Gasteiger partial charge on any atom is -0.375 e. The Labute approximate surface area is 135 Å². The predicted octanol–water partition coefficient (Wildman–Crippen LogP) is 4.83. The van der Waals surface area contributed by atoms with Gasteiger partial charge in [-0.25, -0.2) is 0 Å². The molecule has 0 unspecified atom stereocenters.